The lowest BCUT2D eigenvalue weighted by atomic mass is 9.94. The van der Waals surface area contributed by atoms with Gasteiger partial charge < -0.3 is 5.11 Å². The third kappa shape index (κ3) is 3.33. The average Bonchev–Trinajstić information content (AvgIpc) is 2.58. The van der Waals surface area contributed by atoms with Crippen LogP contribution in [-0.2, 0) is 10.0 Å². The summed E-state index contributed by atoms with van der Waals surface area (Å²) in [6.45, 7) is 1.79. The lowest BCUT2D eigenvalue weighted by molar-refractivity contribution is 0.117. The van der Waals surface area contributed by atoms with E-state index in [0.717, 1.165) is 27.9 Å². The summed E-state index contributed by atoms with van der Waals surface area (Å²) in [5, 5.41) is 9.57. The van der Waals surface area contributed by atoms with Gasteiger partial charge in [-0.25, -0.2) is 13.1 Å². The maximum atomic E-state index is 12.2. The number of halogens is 1. The minimum Gasteiger partial charge on any atom is -0.393 e. The third-order valence-corrected chi connectivity index (χ3v) is 6.43. The van der Waals surface area contributed by atoms with Gasteiger partial charge in [0.25, 0.3) is 0 Å². The summed E-state index contributed by atoms with van der Waals surface area (Å²) in [4.78, 5) is 1.10. The zero-order chi connectivity index (χ0) is 13.3. The van der Waals surface area contributed by atoms with Crippen LogP contribution in [0.25, 0.3) is 0 Å². The summed E-state index contributed by atoms with van der Waals surface area (Å²) in [6.07, 6.45) is 2.54. The summed E-state index contributed by atoms with van der Waals surface area (Å²) in [7, 11) is -3.47. The Hall–Kier alpha value is 0.0500. The van der Waals surface area contributed by atoms with Gasteiger partial charge in [0, 0.05) is 10.9 Å². The molecule has 2 N–H and O–H groups in total. The molecule has 102 valence electrons. The van der Waals surface area contributed by atoms with Gasteiger partial charge in [-0.3, -0.25) is 0 Å². The van der Waals surface area contributed by atoms with Gasteiger partial charge >= 0.3 is 0 Å². The molecular weight excluding hydrogens is 338 g/mol. The van der Waals surface area contributed by atoms with Crippen LogP contribution in [0.15, 0.2) is 14.7 Å². The molecule has 7 heteroatoms. The van der Waals surface area contributed by atoms with Crippen LogP contribution in [-0.4, -0.2) is 25.7 Å². The van der Waals surface area contributed by atoms with Crippen molar-refractivity contribution in [2.45, 2.75) is 49.6 Å². The van der Waals surface area contributed by atoms with Crippen molar-refractivity contribution in [2.75, 3.05) is 0 Å². The first-order valence-corrected chi connectivity index (χ1v) is 8.94. The number of thiophene rings is 1. The fourth-order valence-corrected chi connectivity index (χ4v) is 5.95. The molecule has 1 aromatic heterocycles. The Morgan fingerprint density at radius 3 is 2.78 bits per heavy atom. The summed E-state index contributed by atoms with van der Waals surface area (Å²) in [5.74, 6) is 0. The second-order valence-corrected chi connectivity index (χ2v) is 8.93. The minimum absolute atomic E-state index is 0.156. The first-order chi connectivity index (χ1) is 8.38. The molecule has 18 heavy (non-hydrogen) atoms. The van der Waals surface area contributed by atoms with E-state index in [0.29, 0.717) is 11.3 Å². The Bertz CT molecular complexity index is 526. The van der Waals surface area contributed by atoms with E-state index < -0.39 is 10.0 Å². The van der Waals surface area contributed by atoms with Crippen molar-refractivity contribution in [1.82, 2.24) is 4.72 Å². The molecule has 0 aliphatic heterocycles. The maximum absolute atomic E-state index is 12.2. The average molecular weight is 354 g/mol. The smallest absolute Gasteiger partial charge is 0.241 e. The number of sulfonamides is 1. The predicted octanol–water partition coefficient (Wildman–Crippen LogP) is 2.40. The molecule has 1 aliphatic rings. The predicted molar refractivity (Wildman–Crippen MR) is 75.3 cm³/mol. The highest BCUT2D eigenvalue weighted by Gasteiger charge is 2.27. The first-order valence-electron chi connectivity index (χ1n) is 5.85. The van der Waals surface area contributed by atoms with Gasteiger partial charge in [0.1, 0.15) is 0 Å². The standard InChI is InChI=1S/C11H16BrNO3S2/c1-7-10(6-11(12)17-7)18(15,16)13-8-3-2-4-9(14)5-8/h6,8-9,13-14H,2-5H2,1H3. The summed E-state index contributed by atoms with van der Waals surface area (Å²) in [6, 6.07) is 1.47. The quantitative estimate of drug-likeness (QED) is 0.876. The van der Waals surface area contributed by atoms with Crippen molar-refractivity contribution in [3.05, 3.63) is 14.7 Å². The van der Waals surface area contributed by atoms with E-state index in [9.17, 15) is 13.5 Å². The van der Waals surface area contributed by atoms with Crippen LogP contribution in [0.2, 0.25) is 0 Å². The second kappa shape index (κ2) is 5.58. The maximum Gasteiger partial charge on any atom is 0.241 e. The molecular formula is C11H16BrNO3S2. The van der Waals surface area contributed by atoms with E-state index in [1.54, 1.807) is 13.0 Å². The van der Waals surface area contributed by atoms with Crippen LogP contribution in [0, 0.1) is 6.92 Å². The van der Waals surface area contributed by atoms with Crippen molar-refractivity contribution in [3.8, 4) is 0 Å². The molecule has 1 heterocycles. The molecule has 0 radical (unpaired) electrons. The number of aliphatic hydroxyl groups excluding tert-OH is 1. The van der Waals surface area contributed by atoms with Gasteiger partial charge in [-0.1, -0.05) is 0 Å². The van der Waals surface area contributed by atoms with E-state index in [4.69, 9.17) is 0 Å². The molecule has 0 saturated heterocycles. The second-order valence-electron chi connectivity index (χ2n) is 4.61. The number of aliphatic hydroxyl groups is 1. The van der Waals surface area contributed by atoms with Gasteiger partial charge in [-0.15, -0.1) is 11.3 Å². The normalized spacial score (nSPS) is 25.3. The van der Waals surface area contributed by atoms with Gasteiger partial charge in [0.2, 0.25) is 10.0 Å². The van der Waals surface area contributed by atoms with Crippen LogP contribution < -0.4 is 4.72 Å². The van der Waals surface area contributed by atoms with Gasteiger partial charge in [0.15, 0.2) is 0 Å². The zero-order valence-corrected chi connectivity index (χ0v) is 13.2. The van der Waals surface area contributed by atoms with E-state index in [-0.39, 0.29) is 12.1 Å². The van der Waals surface area contributed by atoms with E-state index >= 15 is 0 Å². The molecule has 0 bridgehead atoms. The number of aryl methyl sites for hydroxylation is 1. The molecule has 0 spiro atoms. The SMILES string of the molecule is Cc1sc(Br)cc1S(=O)(=O)NC1CCCC(O)C1. The van der Waals surface area contributed by atoms with Crippen molar-refractivity contribution < 1.29 is 13.5 Å². The lowest BCUT2D eigenvalue weighted by Crippen LogP contribution is -2.39. The van der Waals surface area contributed by atoms with Gasteiger partial charge in [-0.05, 0) is 54.6 Å². The highest BCUT2D eigenvalue weighted by molar-refractivity contribution is 9.11. The van der Waals surface area contributed by atoms with E-state index in [1.807, 2.05) is 0 Å². The fourth-order valence-electron chi connectivity index (χ4n) is 2.25. The van der Waals surface area contributed by atoms with Crippen LogP contribution in [0.1, 0.15) is 30.6 Å². The Balaban J connectivity index is 2.14. The molecule has 0 amide bonds. The van der Waals surface area contributed by atoms with Crippen LogP contribution in [0.5, 0.6) is 0 Å². The summed E-state index contributed by atoms with van der Waals surface area (Å²) >= 11 is 4.70. The van der Waals surface area contributed by atoms with Gasteiger partial charge in [-0.2, -0.15) is 0 Å². The van der Waals surface area contributed by atoms with E-state index in [1.165, 1.54) is 11.3 Å². The molecule has 2 atom stereocenters. The van der Waals surface area contributed by atoms with Crippen LogP contribution in [0.3, 0.4) is 0 Å². The van der Waals surface area contributed by atoms with Crippen molar-refractivity contribution >= 4 is 37.3 Å². The van der Waals surface area contributed by atoms with Crippen molar-refractivity contribution in [3.63, 3.8) is 0 Å². The number of nitrogens with one attached hydrogen (secondary N) is 1. The highest BCUT2D eigenvalue weighted by Crippen LogP contribution is 2.30. The van der Waals surface area contributed by atoms with Crippen LogP contribution >= 0.6 is 27.3 Å². The molecule has 2 unspecified atom stereocenters. The first kappa shape index (κ1) is 14.5. The Morgan fingerprint density at radius 1 is 1.50 bits per heavy atom. The Kier molecular flexibility index (Phi) is 4.48. The number of hydrogen-bond donors (Lipinski definition) is 2. The Morgan fingerprint density at radius 2 is 2.22 bits per heavy atom. The van der Waals surface area contributed by atoms with Crippen molar-refractivity contribution in [2.24, 2.45) is 0 Å². The van der Waals surface area contributed by atoms with Crippen LogP contribution in [0.4, 0.5) is 0 Å². The summed E-state index contributed by atoms with van der Waals surface area (Å²) < 4.78 is 28.0. The minimum atomic E-state index is -3.47. The monoisotopic (exact) mass is 353 g/mol. The fraction of sp³-hybridized carbons (Fsp3) is 0.636. The molecule has 1 aromatic rings. The van der Waals surface area contributed by atoms with Gasteiger partial charge in [0.05, 0.1) is 14.8 Å². The summed E-state index contributed by atoms with van der Waals surface area (Å²) in [5.41, 5.74) is 0. The lowest BCUT2D eigenvalue weighted by Gasteiger charge is -2.26. The molecule has 1 aliphatic carbocycles. The zero-order valence-electron chi connectivity index (χ0n) is 10.0. The molecule has 1 fully saturated rings. The van der Waals surface area contributed by atoms with Crippen molar-refractivity contribution in [1.29, 1.82) is 0 Å². The Labute approximate surface area is 120 Å². The highest BCUT2D eigenvalue weighted by atomic mass is 79.9. The number of rotatable bonds is 3. The molecule has 1 saturated carbocycles. The number of hydrogen-bond acceptors (Lipinski definition) is 4. The molecule has 4 nitrogen and oxygen atoms in total. The largest absolute Gasteiger partial charge is 0.393 e. The molecule has 2 rings (SSSR count). The third-order valence-electron chi connectivity index (χ3n) is 3.10. The molecule has 0 aromatic carbocycles. The topological polar surface area (TPSA) is 66.4 Å². The van der Waals surface area contributed by atoms with E-state index in [2.05, 4.69) is 20.7 Å².